The lowest BCUT2D eigenvalue weighted by atomic mass is 10.1. The minimum absolute atomic E-state index is 0.318. The van der Waals surface area contributed by atoms with E-state index >= 15 is 0 Å². The molecule has 1 unspecified atom stereocenters. The number of halogens is 5. The first-order valence-corrected chi connectivity index (χ1v) is 7.74. The van der Waals surface area contributed by atoms with Gasteiger partial charge in [-0.15, -0.1) is 22.9 Å². The summed E-state index contributed by atoms with van der Waals surface area (Å²) in [4.78, 5) is 0.876. The van der Waals surface area contributed by atoms with Crippen LogP contribution in [-0.4, -0.2) is 0 Å². The van der Waals surface area contributed by atoms with Gasteiger partial charge in [0.15, 0.2) is 0 Å². The summed E-state index contributed by atoms with van der Waals surface area (Å²) >= 11 is 20.3. The largest absolute Gasteiger partial charge is 0.207 e. The van der Waals surface area contributed by atoms with Crippen molar-refractivity contribution < 1.29 is 4.39 Å². The van der Waals surface area contributed by atoms with E-state index in [1.54, 1.807) is 12.1 Å². The van der Waals surface area contributed by atoms with E-state index in [1.807, 2.05) is 0 Å². The van der Waals surface area contributed by atoms with Gasteiger partial charge in [-0.05, 0) is 45.8 Å². The summed E-state index contributed by atoms with van der Waals surface area (Å²) in [5.74, 6) is -0.318. The van der Waals surface area contributed by atoms with E-state index in [0.29, 0.717) is 15.1 Å². The fourth-order valence-electron chi connectivity index (χ4n) is 1.37. The zero-order valence-corrected chi connectivity index (χ0v) is 13.7. The first kappa shape index (κ1) is 13.8. The number of rotatable bonds is 2. The minimum Gasteiger partial charge on any atom is -0.207 e. The van der Waals surface area contributed by atoms with Crippen LogP contribution < -0.4 is 0 Å². The summed E-state index contributed by atoms with van der Waals surface area (Å²) in [6.07, 6.45) is 0. The normalized spacial score (nSPS) is 12.8. The molecule has 0 N–H and O–H groups in total. The highest BCUT2D eigenvalue weighted by molar-refractivity contribution is 9.11. The van der Waals surface area contributed by atoms with Crippen molar-refractivity contribution in [1.29, 1.82) is 0 Å². The van der Waals surface area contributed by atoms with Crippen LogP contribution in [0.4, 0.5) is 4.39 Å². The van der Waals surface area contributed by atoms with E-state index in [0.717, 1.165) is 8.66 Å². The van der Waals surface area contributed by atoms with Gasteiger partial charge in [-0.25, -0.2) is 4.39 Å². The van der Waals surface area contributed by atoms with Crippen LogP contribution in [0, 0.1) is 5.82 Å². The van der Waals surface area contributed by atoms with Gasteiger partial charge in [-0.2, -0.15) is 0 Å². The second-order valence-electron chi connectivity index (χ2n) is 3.34. The highest BCUT2D eigenvalue weighted by atomic mass is 79.9. The molecule has 0 saturated carbocycles. The van der Waals surface area contributed by atoms with Crippen molar-refractivity contribution in [3.8, 4) is 0 Å². The highest BCUT2D eigenvalue weighted by Gasteiger charge is 2.16. The molecule has 0 bridgehead atoms. The topological polar surface area (TPSA) is 0 Å². The maximum absolute atomic E-state index is 13.3. The van der Waals surface area contributed by atoms with Crippen molar-refractivity contribution >= 4 is 66.4 Å². The molecule has 0 radical (unpaired) electrons. The highest BCUT2D eigenvalue weighted by Crippen LogP contribution is 2.40. The van der Waals surface area contributed by atoms with Gasteiger partial charge in [0.2, 0.25) is 0 Å². The van der Waals surface area contributed by atoms with E-state index in [-0.39, 0.29) is 5.82 Å². The van der Waals surface area contributed by atoms with Crippen molar-refractivity contribution in [2.75, 3.05) is 0 Å². The van der Waals surface area contributed by atoms with Crippen LogP contribution in [0.25, 0.3) is 0 Å². The number of benzene rings is 1. The molecule has 90 valence electrons. The Bertz CT molecular complexity index is 517. The molecule has 0 nitrogen and oxygen atoms in total. The zero-order valence-electron chi connectivity index (χ0n) is 8.18. The van der Waals surface area contributed by atoms with Crippen molar-refractivity contribution in [3.63, 3.8) is 0 Å². The minimum atomic E-state index is -0.407. The van der Waals surface area contributed by atoms with Crippen LogP contribution in [0.1, 0.15) is 15.8 Å². The maximum atomic E-state index is 13.3. The molecule has 0 aliphatic heterocycles. The van der Waals surface area contributed by atoms with Crippen LogP contribution in [-0.2, 0) is 0 Å². The van der Waals surface area contributed by atoms with Crippen molar-refractivity contribution in [3.05, 3.63) is 53.8 Å². The smallest absolute Gasteiger partial charge is 0.124 e. The molecule has 6 heteroatoms. The number of thiophene rings is 1. The summed E-state index contributed by atoms with van der Waals surface area (Å²) in [6.45, 7) is 0. The van der Waals surface area contributed by atoms with Crippen LogP contribution >= 0.6 is 66.4 Å². The SMILES string of the molecule is Fc1cc(Br)cc(C(Cl)c2cc(Cl)c(Br)s2)c1. The van der Waals surface area contributed by atoms with E-state index < -0.39 is 5.38 Å². The van der Waals surface area contributed by atoms with Gasteiger partial charge in [-0.3, -0.25) is 0 Å². The Hall–Kier alpha value is 0.390. The summed E-state index contributed by atoms with van der Waals surface area (Å²) in [7, 11) is 0. The quantitative estimate of drug-likeness (QED) is 0.495. The third-order valence-electron chi connectivity index (χ3n) is 2.09. The molecule has 1 atom stereocenters. The Morgan fingerprint density at radius 3 is 2.41 bits per heavy atom. The molecule has 0 aliphatic carbocycles. The Labute approximate surface area is 129 Å². The number of hydrogen-bond acceptors (Lipinski definition) is 1. The van der Waals surface area contributed by atoms with E-state index in [2.05, 4.69) is 31.9 Å². The second kappa shape index (κ2) is 5.57. The summed E-state index contributed by atoms with van der Waals surface area (Å²) in [5, 5.41) is 0.210. The molecule has 0 saturated heterocycles. The molecule has 0 fully saturated rings. The molecule has 2 aromatic rings. The second-order valence-corrected chi connectivity index (χ2v) is 7.50. The van der Waals surface area contributed by atoms with Gasteiger partial charge in [0, 0.05) is 9.35 Å². The Kier molecular flexibility index (Phi) is 4.53. The number of hydrogen-bond donors (Lipinski definition) is 0. The van der Waals surface area contributed by atoms with Gasteiger partial charge in [-0.1, -0.05) is 27.5 Å². The Morgan fingerprint density at radius 1 is 1.18 bits per heavy atom. The van der Waals surface area contributed by atoms with Gasteiger partial charge in [0.25, 0.3) is 0 Å². The first-order valence-electron chi connectivity index (χ1n) is 4.52. The Morgan fingerprint density at radius 2 is 1.88 bits per heavy atom. The lowest BCUT2D eigenvalue weighted by Crippen LogP contribution is -1.91. The molecule has 0 aliphatic rings. The Balaban J connectivity index is 2.39. The van der Waals surface area contributed by atoms with Crippen LogP contribution in [0.3, 0.4) is 0 Å². The monoisotopic (exact) mass is 416 g/mol. The molecular weight excluding hydrogens is 414 g/mol. The van der Waals surface area contributed by atoms with Gasteiger partial charge in [0.1, 0.15) is 5.82 Å². The predicted octanol–water partition coefficient (Wildman–Crippen LogP) is 6.39. The first-order chi connectivity index (χ1) is 7.97. The molecular formula is C11H5Br2Cl2FS. The molecule has 1 aromatic heterocycles. The number of alkyl halides is 1. The van der Waals surface area contributed by atoms with Gasteiger partial charge < -0.3 is 0 Å². The fraction of sp³-hybridized carbons (Fsp3) is 0.0909. The van der Waals surface area contributed by atoms with Crippen molar-refractivity contribution in [1.82, 2.24) is 0 Å². The zero-order chi connectivity index (χ0) is 12.6. The van der Waals surface area contributed by atoms with Gasteiger partial charge >= 0.3 is 0 Å². The van der Waals surface area contributed by atoms with Crippen molar-refractivity contribution in [2.45, 2.75) is 5.38 Å². The van der Waals surface area contributed by atoms with Crippen LogP contribution in [0.5, 0.6) is 0 Å². The van der Waals surface area contributed by atoms with Gasteiger partial charge in [0.05, 0.1) is 14.2 Å². The molecule has 0 spiro atoms. The fourth-order valence-corrected chi connectivity index (χ4v) is 3.93. The molecule has 1 aromatic carbocycles. The molecule has 0 amide bonds. The van der Waals surface area contributed by atoms with Crippen molar-refractivity contribution in [2.24, 2.45) is 0 Å². The van der Waals surface area contributed by atoms with Crippen LogP contribution in [0.15, 0.2) is 32.5 Å². The average Bonchev–Trinajstić information content (AvgIpc) is 2.57. The summed E-state index contributed by atoms with van der Waals surface area (Å²) in [6, 6.07) is 6.39. The molecule has 1 heterocycles. The average molecular weight is 419 g/mol. The molecule has 17 heavy (non-hydrogen) atoms. The van der Waals surface area contributed by atoms with E-state index in [4.69, 9.17) is 23.2 Å². The third-order valence-corrected chi connectivity index (χ3v) is 5.71. The predicted molar refractivity (Wildman–Crippen MR) is 78.8 cm³/mol. The standard InChI is InChI=1S/C11H5Br2Cl2FS/c12-6-1-5(2-7(16)3-6)10(15)9-4-8(14)11(13)17-9/h1-4,10H. The summed E-state index contributed by atoms with van der Waals surface area (Å²) in [5.41, 5.74) is 0.698. The molecule has 2 rings (SSSR count). The van der Waals surface area contributed by atoms with Crippen LogP contribution in [0.2, 0.25) is 5.02 Å². The summed E-state index contributed by atoms with van der Waals surface area (Å²) < 4.78 is 14.8. The maximum Gasteiger partial charge on any atom is 0.124 e. The van der Waals surface area contributed by atoms with E-state index in [1.165, 1.54) is 23.5 Å². The third kappa shape index (κ3) is 3.24. The lowest BCUT2D eigenvalue weighted by Gasteiger charge is -2.08. The lowest BCUT2D eigenvalue weighted by molar-refractivity contribution is 0.625. The van der Waals surface area contributed by atoms with E-state index in [9.17, 15) is 4.39 Å².